The molecule has 1 aliphatic rings. The number of nitrogens with one attached hydrogen (secondary N) is 1. The topological polar surface area (TPSA) is 124 Å². The summed E-state index contributed by atoms with van der Waals surface area (Å²) in [5.74, 6) is -1.91. The second-order valence-corrected chi connectivity index (χ2v) is 7.28. The molecule has 0 saturated heterocycles. The molecule has 0 aliphatic carbocycles. The van der Waals surface area contributed by atoms with E-state index in [1.807, 2.05) is 0 Å². The van der Waals surface area contributed by atoms with Gasteiger partial charge in [0.15, 0.2) is 0 Å². The normalized spacial score (nSPS) is 16.8. The van der Waals surface area contributed by atoms with E-state index in [-0.39, 0.29) is 24.9 Å². The first-order valence-electron chi connectivity index (χ1n) is 9.73. The fourth-order valence-electron chi connectivity index (χ4n) is 3.49. The summed E-state index contributed by atoms with van der Waals surface area (Å²) in [7, 11) is 0. The lowest BCUT2D eigenvalue weighted by molar-refractivity contribution is -0.143. The molecule has 1 aromatic heterocycles. The van der Waals surface area contributed by atoms with E-state index in [0.29, 0.717) is 40.0 Å². The summed E-state index contributed by atoms with van der Waals surface area (Å²) in [6.45, 7) is 6.97. The van der Waals surface area contributed by atoms with E-state index in [2.05, 4.69) is 15.6 Å². The largest absolute Gasteiger partial charge is 0.462 e. The van der Waals surface area contributed by atoms with Crippen molar-refractivity contribution in [3.8, 4) is 0 Å². The number of aliphatic hydroxyl groups is 1. The highest BCUT2D eigenvalue weighted by Crippen LogP contribution is 2.41. The maximum absolute atomic E-state index is 13.0. The average Bonchev–Trinajstić information content (AvgIpc) is 3.15. The maximum atomic E-state index is 13.0. The molecule has 0 radical (unpaired) electrons. The lowest BCUT2D eigenvalue weighted by Crippen LogP contribution is -2.33. The number of dihydropyridines is 1. The number of allylic oxidation sites excluding steroid dienone is 2. The Kier molecular flexibility index (Phi) is 6.51. The molecule has 1 aromatic carbocycles. The number of hydrogen-bond acceptors (Lipinski definition) is 9. The van der Waals surface area contributed by atoms with E-state index < -0.39 is 17.9 Å². The van der Waals surface area contributed by atoms with E-state index >= 15 is 0 Å². The van der Waals surface area contributed by atoms with Gasteiger partial charge < -0.3 is 19.9 Å². The van der Waals surface area contributed by atoms with Crippen LogP contribution in [0.3, 0.4) is 0 Å². The molecular weight excluding hydrogens is 390 g/mol. The van der Waals surface area contributed by atoms with Crippen molar-refractivity contribution in [1.82, 2.24) is 15.6 Å². The summed E-state index contributed by atoms with van der Waals surface area (Å²) in [6.07, 6.45) is -0.0225. The molecule has 0 saturated carbocycles. The van der Waals surface area contributed by atoms with Crippen molar-refractivity contribution in [2.24, 2.45) is 0 Å². The number of aliphatic hydroxyl groups excluding tert-OH is 1. The number of aromatic nitrogens is 2. The van der Waals surface area contributed by atoms with Gasteiger partial charge in [-0.1, -0.05) is 12.1 Å². The van der Waals surface area contributed by atoms with Gasteiger partial charge in [0, 0.05) is 24.4 Å². The average molecular weight is 415 g/mol. The molecule has 9 heteroatoms. The van der Waals surface area contributed by atoms with E-state index in [1.54, 1.807) is 45.9 Å². The molecule has 2 N–H and O–H groups in total. The highest BCUT2D eigenvalue weighted by Gasteiger charge is 2.39. The third-order valence-corrected chi connectivity index (χ3v) is 4.71. The number of esters is 2. The van der Waals surface area contributed by atoms with Gasteiger partial charge in [0.2, 0.25) is 0 Å². The predicted molar refractivity (Wildman–Crippen MR) is 107 cm³/mol. The van der Waals surface area contributed by atoms with E-state index in [0.717, 1.165) is 0 Å². The zero-order chi connectivity index (χ0) is 21.8. The smallest absolute Gasteiger partial charge is 0.337 e. The number of benzene rings is 1. The summed E-state index contributed by atoms with van der Waals surface area (Å²) >= 11 is 0. The van der Waals surface area contributed by atoms with Gasteiger partial charge in [-0.25, -0.2) is 14.2 Å². The van der Waals surface area contributed by atoms with Crippen LogP contribution in [0, 0.1) is 0 Å². The van der Waals surface area contributed by atoms with Gasteiger partial charge >= 0.3 is 11.9 Å². The third kappa shape index (κ3) is 4.20. The second-order valence-electron chi connectivity index (χ2n) is 7.28. The first-order chi connectivity index (χ1) is 14.3. The molecule has 1 unspecified atom stereocenters. The van der Waals surface area contributed by atoms with Crippen molar-refractivity contribution in [1.29, 1.82) is 0 Å². The quantitative estimate of drug-likeness (QED) is 0.518. The Morgan fingerprint density at radius 1 is 1.17 bits per heavy atom. The lowest BCUT2D eigenvalue weighted by atomic mass is 9.80. The minimum atomic E-state index is -0.783. The third-order valence-electron chi connectivity index (χ3n) is 4.71. The highest BCUT2D eigenvalue weighted by atomic mass is 16.6. The van der Waals surface area contributed by atoms with Gasteiger partial charge in [0.05, 0.1) is 29.8 Å². The van der Waals surface area contributed by atoms with Gasteiger partial charge in [-0.05, 0) is 49.6 Å². The van der Waals surface area contributed by atoms with Crippen molar-refractivity contribution in [3.05, 3.63) is 46.3 Å². The molecule has 2 aromatic rings. The monoisotopic (exact) mass is 415 g/mol. The fraction of sp³-hybridized carbons (Fsp3) is 0.429. The lowest BCUT2D eigenvalue weighted by Gasteiger charge is -2.30. The zero-order valence-corrected chi connectivity index (χ0v) is 17.4. The van der Waals surface area contributed by atoms with E-state index in [4.69, 9.17) is 19.2 Å². The minimum absolute atomic E-state index is 0.0586. The molecule has 0 spiro atoms. The van der Waals surface area contributed by atoms with Gasteiger partial charge in [0.1, 0.15) is 11.0 Å². The van der Waals surface area contributed by atoms with Crippen LogP contribution in [0.1, 0.15) is 45.6 Å². The Morgan fingerprint density at radius 3 is 2.53 bits per heavy atom. The number of hydrogen-bond donors (Lipinski definition) is 2. The van der Waals surface area contributed by atoms with E-state index in [9.17, 15) is 9.59 Å². The standard InChI is InChI=1S/C21H25N3O6/c1-11(2)29-21(27)17-13(4)22-12(3)16(20(26)28-10-6-9-25)18(17)14-7-5-8-15-19(14)24-30-23-15/h5,7-8,11,18,22,25H,6,9-10H2,1-4H3. The molecule has 0 fully saturated rings. The first-order valence-corrected chi connectivity index (χ1v) is 9.73. The van der Waals surface area contributed by atoms with Crippen LogP contribution in [0.15, 0.2) is 45.4 Å². The molecule has 30 heavy (non-hydrogen) atoms. The Balaban J connectivity index is 2.15. The SMILES string of the molecule is CC1=C(C(=O)OCCCO)C(c2cccc3nonc23)C(C(=O)OC(C)C)=C(C)N1. The number of rotatable bonds is 7. The second kappa shape index (κ2) is 9.08. The molecule has 2 heterocycles. The van der Waals surface area contributed by atoms with Crippen LogP contribution in [0.4, 0.5) is 0 Å². The van der Waals surface area contributed by atoms with Crippen molar-refractivity contribution in [2.75, 3.05) is 13.2 Å². The van der Waals surface area contributed by atoms with Gasteiger partial charge in [0.25, 0.3) is 0 Å². The number of ether oxygens (including phenoxy) is 2. The highest BCUT2D eigenvalue weighted by molar-refractivity contribution is 6.01. The van der Waals surface area contributed by atoms with Crippen LogP contribution < -0.4 is 5.32 Å². The summed E-state index contributed by atoms with van der Waals surface area (Å²) in [4.78, 5) is 26.0. The van der Waals surface area contributed by atoms with Crippen LogP contribution in [-0.2, 0) is 19.1 Å². The molecule has 9 nitrogen and oxygen atoms in total. The molecule has 3 rings (SSSR count). The summed E-state index contributed by atoms with van der Waals surface area (Å²) in [5, 5.41) is 19.9. The molecule has 0 amide bonds. The van der Waals surface area contributed by atoms with Crippen molar-refractivity contribution < 1.29 is 28.8 Å². The number of carbonyl (C=O) groups is 2. The number of fused-ring (bicyclic) bond motifs is 1. The van der Waals surface area contributed by atoms with Crippen LogP contribution >= 0.6 is 0 Å². The Labute approximate surface area is 173 Å². The Bertz CT molecular complexity index is 1020. The van der Waals surface area contributed by atoms with Crippen molar-refractivity contribution >= 4 is 23.0 Å². The Morgan fingerprint density at radius 2 is 1.87 bits per heavy atom. The van der Waals surface area contributed by atoms with Crippen molar-refractivity contribution in [3.63, 3.8) is 0 Å². The molecular formula is C21H25N3O6. The van der Waals surface area contributed by atoms with Gasteiger partial charge in [-0.3, -0.25) is 0 Å². The van der Waals surface area contributed by atoms with Gasteiger partial charge in [-0.2, -0.15) is 0 Å². The number of carbonyl (C=O) groups excluding carboxylic acids is 2. The summed E-state index contributed by atoms with van der Waals surface area (Å²) < 4.78 is 15.7. The molecule has 1 atom stereocenters. The maximum Gasteiger partial charge on any atom is 0.337 e. The molecule has 0 bridgehead atoms. The van der Waals surface area contributed by atoms with Crippen LogP contribution in [0.2, 0.25) is 0 Å². The van der Waals surface area contributed by atoms with E-state index in [1.165, 1.54) is 0 Å². The van der Waals surface area contributed by atoms with Crippen LogP contribution in [0.25, 0.3) is 11.0 Å². The van der Waals surface area contributed by atoms with Crippen molar-refractivity contribution in [2.45, 2.75) is 46.1 Å². The summed E-state index contributed by atoms with van der Waals surface area (Å²) in [5.41, 5.74) is 3.22. The number of nitrogens with zero attached hydrogens (tertiary/aromatic N) is 2. The first kappa shape index (κ1) is 21.5. The van der Waals surface area contributed by atoms with Crippen LogP contribution in [0.5, 0.6) is 0 Å². The molecule has 160 valence electrons. The molecule has 1 aliphatic heterocycles. The predicted octanol–water partition coefficient (Wildman–Crippen LogP) is 2.33. The zero-order valence-electron chi connectivity index (χ0n) is 17.4. The van der Waals surface area contributed by atoms with Crippen LogP contribution in [-0.4, -0.2) is 46.7 Å². The summed E-state index contributed by atoms with van der Waals surface area (Å²) in [6, 6.07) is 5.26. The fourth-order valence-corrected chi connectivity index (χ4v) is 3.49. The Hall–Kier alpha value is -3.20. The van der Waals surface area contributed by atoms with Gasteiger partial charge in [-0.15, -0.1) is 0 Å². The minimum Gasteiger partial charge on any atom is -0.462 e.